The first-order valence-corrected chi connectivity index (χ1v) is 16.6. The highest BCUT2D eigenvalue weighted by Gasteiger charge is 2.40. The molecule has 2 aliphatic heterocycles. The molecule has 1 aromatic rings. The van der Waals surface area contributed by atoms with Gasteiger partial charge in [-0.1, -0.05) is 47.1 Å². The highest BCUT2D eigenvalue weighted by Crippen LogP contribution is 2.27. The summed E-state index contributed by atoms with van der Waals surface area (Å²) in [5.74, 6) is -0.653. The van der Waals surface area contributed by atoms with E-state index >= 15 is 0 Å². The number of nitrogens with one attached hydrogen (secondary N) is 2. The third-order valence-corrected chi connectivity index (χ3v) is 9.18. The molecule has 45 heavy (non-hydrogen) atoms. The quantitative estimate of drug-likeness (QED) is 0.361. The number of carbonyl (C=O) groups excluding carboxylic acids is 4. The second kappa shape index (κ2) is 15.8. The van der Waals surface area contributed by atoms with Crippen LogP contribution in [0.25, 0.3) is 0 Å². The second-order valence-corrected chi connectivity index (χ2v) is 14.4. The lowest BCUT2D eigenvalue weighted by Crippen LogP contribution is -2.60. The summed E-state index contributed by atoms with van der Waals surface area (Å²) >= 11 is 0. The zero-order valence-corrected chi connectivity index (χ0v) is 28.9. The number of aromatic nitrogens is 1. The van der Waals surface area contributed by atoms with Gasteiger partial charge in [-0.25, -0.2) is 0 Å². The molecule has 1 unspecified atom stereocenters. The molecule has 0 aromatic carbocycles. The Morgan fingerprint density at radius 2 is 1.62 bits per heavy atom. The van der Waals surface area contributed by atoms with E-state index in [2.05, 4.69) is 34.4 Å². The molecule has 4 atom stereocenters. The Morgan fingerprint density at radius 3 is 2.22 bits per heavy atom. The van der Waals surface area contributed by atoms with E-state index in [1.165, 1.54) is 0 Å². The van der Waals surface area contributed by atoms with Crippen LogP contribution < -0.4 is 10.6 Å². The smallest absolute Gasteiger partial charge is 0.249 e. The van der Waals surface area contributed by atoms with Crippen molar-refractivity contribution in [2.45, 2.75) is 124 Å². The maximum atomic E-state index is 14.1. The van der Waals surface area contributed by atoms with Crippen LogP contribution in [0.15, 0.2) is 36.2 Å². The number of hydrogen-bond acceptors (Lipinski definition) is 6. The van der Waals surface area contributed by atoms with Gasteiger partial charge in [0.25, 0.3) is 0 Å². The van der Waals surface area contributed by atoms with Crippen LogP contribution in [0, 0.1) is 11.3 Å². The van der Waals surface area contributed by atoms with Crippen molar-refractivity contribution in [2.24, 2.45) is 11.3 Å². The first-order valence-electron chi connectivity index (χ1n) is 16.6. The molecule has 0 bridgehead atoms. The third-order valence-electron chi connectivity index (χ3n) is 9.18. The van der Waals surface area contributed by atoms with Crippen molar-refractivity contribution in [2.75, 3.05) is 20.1 Å². The standard InChI is InChI=1S/C35H56N6O4/c1-23(2)29(21-25(5)33(44)41-20-12-14-27(41)31(42)37-22-26-15-17-36-18-16-26)39(9)34(45)30(35(6,7)8)38-32(43)28-13-10-11-19-40(28)24(3)4/h15-18,21,23-24,27-30H,10-14,19-20,22H2,1-9H3,(H,37,42)(H,38,43)/b25-21+/t27-,28?,29+,30+/m0/s1. The summed E-state index contributed by atoms with van der Waals surface area (Å²) in [6.45, 7) is 17.6. The van der Waals surface area contributed by atoms with Gasteiger partial charge in [0, 0.05) is 44.1 Å². The molecule has 2 aliphatic rings. The van der Waals surface area contributed by atoms with Gasteiger partial charge in [-0.3, -0.25) is 29.1 Å². The first kappa shape index (κ1) is 36.2. The topological polar surface area (TPSA) is 115 Å². The van der Waals surface area contributed by atoms with Gasteiger partial charge < -0.3 is 20.4 Å². The van der Waals surface area contributed by atoms with Crippen LogP contribution in [0.5, 0.6) is 0 Å². The molecular formula is C35H56N6O4. The second-order valence-electron chi connectivity index (χ2n) is 14.4. The number of likely N-dealkylation sites (N-methyl/N-ethyl adjacent to an activating group) is 1. The van der Waals surface area contributed by atoms with E-state index in [4.69, 9.17) is 0 Å². The predicted molar refractivity (Wildman–Crippen MR) is 177 cm³/mol. The Labute approximate surface area is 270 Å². The summed E-state index contributed by atoms with van der Waals surface area (Å²) < 4.78 is 0. The number of piperidine rings is 1. The summed E-state index contributed by atoms with van der Waals surface area (Å²) in [6.07, 6.45) is 9.41. The summed E-state index contributed by atoms with van der Waals surface area (Å²) in [5.41, 5.74) is 0.910. The van der Waals surface area contributed by atoms with E-state index in [1.807, 2.05) is 52.8 Å². The van der Waals surface area contributed by atoms with Crippen molar-refractivity contribution >= 4 is 23.6 Å². The van der Waals surface area contributed by atoms with E-state index in [0.717, 1.165) is 37.8 Å². The maximum Gasteiger partial charge on any atom is 0.249 e. The molecule has 250 valence electrons. The molecule has 10 heteroatoms. The molecular weight excluding hydrogens is 568 g/mol. The molecule has 0 saturated carbocycles. The highest BCUT2D eigenvalue weighted by atomic mass is 16.2. The lowest BCUT2D eigenvalue weighted by Gasteiger charge is -2.41. The molecule has 2 saturated heterocycles. The Hall–Kier alpha value is -3.27. The van der Waals surface area contributed by atoms with Crippen LogP contribution in [-0.4, -0.2) is 93.7 Å². The number of amides is 4. The Bertz CT molecular complexity index is 1210. The molecule has 3 heterocycles. The van der Waals surface area contributed by atoms with Crippen molar-refractivity contribution < 1.29 is 19.2 Å². The van der Waals surface area contributed by atoms with Crippen molar-refractivity contribution in [1.29, 1.82) is 0 Å². The SMILES string of the molecule is C/C(=C\[C@H](C(C)C)N(C)C(=O)[C@@H](NC(=O)C1CCCCN1C(C)C)C(C)(C)C)C(=O)N1CCC[C@H]1C(=O)NCc1ccncc1. The normalized spacial score (nSPS) is 21.0. The minimum absolute atomic E-state index is 0.00540. The zero-order chi connectivity index (χ0) is 33.5. The van der Waals surface area contributed by atoms with Gasteiger partial charge in [0.1, 0.15) is 12.1 Å². The molecule has 0 spiro atoms. The molecule has 3 rings (SSSR count). The van der Waals surface area contributed by atoms with Crippen LogP contribution in [0.2, 0.25) is 0 Å². The lowest BCUT2D eigenvalue weighted by molar-refractivity contribution is -0.142. The monoisotopic (exact) mass is 624 g/mol. The van der Waals surface area contributed by atoms with E-state index in [-0.39, 0.29) is 47.7 Å². The summed E-state index contributed by atoms with van der Waals surface area (Å²) in [7, 11) is 1.75. The van der Waals surface area contributed by atoms with Gasteiger partial charge in [0.05, 0.1) is 12.1 Å². The van der Waals surface area contributed by atoms with Crippen molar-refractivity contribution in [3.8, 4) is 0 Å². The van der Waals surface area contributed by atoms with Crippen LogP contribution in [0.3, 0.4) is 0 Å². The van der Waals surface area contributed by atoms with Gasteiger partial charge in [0.2, 0.25) is 23.6 Å². The fourth-order valence-corrected chi connectivity index (χ4v) is 6.49. The first-order chi connectivity index (χ1) is 21.1. The van der Waals surface area contributed by atoms with Crippen LogP contribution >= 0.6 is 0 Å². The minimum atomic E-state index is -0.733. The van der Waals surface area contributed by atoms with Gasteiger partial charge in [-0.15, -0.1) is 0 Å². The van der Waals surface area contributed by atoms with Gasteiger partial charge >= 0.3 is 0 Å². The Balaban J connectivity index is 1.75. The van der Waals surface area contributed by atoms with E-state index in [9.17, 15) is 19.2 Å². The van der Waals surface area contributed by atoms with E-state index < -0.39 is 17.5 Å². The fraction of sp³-hybridized carbons (Fsp3) is 0.686. The zero-order valence-electron chi connectivity index (χ0n) is 28.9. The number of likely N-dealkylation sites (tertiary alicyclic amines) is 2. The molecule has 4 amide bonds. The molecule has 1 aromatic heterocycles. The van der Waals surface area contributed by atoms with Crippen molar-refractivity contribution in [3.05, 3.63) is 41.7 Å². The average molecular weight is 625 g/mol. The van der Waals surface area contributed by atoms with E-state index in [0.29, 0.717) is 25.1 Å². The molecule has 0 aliphatic carbocycles. The fourth-order valence-electron chi connectivity index (χ4n) is 6.49. The minimum Gasteiger partial charge on any atom is -0.350 e. The van der Waals surface area contributed by atoms with Gasteiger partial charge in [-0.2, -0.15) is 0 Å². The predicted octanol–water partition coefficient (Wildman–Crippen LogP) is 3.91. The largest absolute Gasteiger partial charge is 0.350 e. The van der Waals surface area contributed by atoms with Crippen LogP contribution in [0.4, 0.5) is 0 Å². The van der Waals surface area contributed by atoms with E-state index in [1.54, 1.807) is 36.2 Å². The maximum absolute atomic E-state index is 14.1. The number of pyridine rings is 1. The number of hydrogen-bond donors (Lipinski definition) is 2. The summed E-state index contributed by atoms with van der Waals surface area (Å²) in [4.78, 5) is 64.1. The third kappa shape index (κ3) is 9.37. The number of carbonyl (C=O) groups is 4. The number of nitrogens with zero attached hydrogens (tertiary/aromatic N) is 4. The number of rotatable bonds is 11. The summed E-state index contributed by atoms with van der Waals surface area (Å²) in [5, 5.41) is 6.09. The van der Waals surface area contributed by atoms with Crippen LogP contribution in [0.1, 0.15) is 93.1 Å². The molecule has 2 N–H and O–H groups in total. The van der Waals surface area contributed by atoms with Crippen LogP contribution in [-0.2, 0) is 25.7 Å². The van der Waals surface area contributed by atoms with Crippen molar-refractivity contribution in [3.63, 3.8) is 0 Å². The highest BCUT2D eigenvalue weighted by molar-refractivity contribution is 5.97. The Kier molecular flexibility index (Phi) is 12.7. The summed E-state index contributed by atoms with van der Waals surface area (Å²) in [6, 6.07) is 2.03. The van der Waals surface area contributed by atoms with Gasteiger partial charge in [0.15, 0.2) is 0 Å². The Morgan fingerprint density at radius 1 is 0.978 bits per heavy atom. The van der Waals surface area contributed by atoms with Crippen molar-refractivity contribution in [1.82, 2.24) is 30.3 Å². The lowest BCUT2D eigenvalue weighted by atomic mass is 9.84. The molecule has 2 fully saturated rings. The molecule has 0 radical (unpaired) electrons. The molecule has 10 nitrogen and oxygen atoms in total. The van der Waals surface area contributed by atoms with Gasteiger partial charge in [-0.05, 0) is 82.0 Å². The average Bonchev–Trinajstić information content (AvgIpc) is 3.50.